The summed E-state index contributed by atoms with van der Waals surface area (Å²) >= 11 is 0. The van der Waals surface area contributed by atoms with Crippen LogP contribution in [0.1, 0.15) is 27.9 Å². The third-order valence-corrected chi connectivity index (χ3v) is 4.71. The van der Waals surface area contributed by atoms with E-state index in [0.29, 0.717) is 11.6 Å². The summed E-state index contributed by atoms with van der Waals surface area (Å²) < 4.78 is 0. The molecule has 0 radical (unpaired) electrons. The summed E-state index contributed by atoms with van der Waals surface area (Å²) in [6, 6.07) is 6.25. The summed E-state index contributed by atoms with van der Waals surface area (Å²) in [6.07, 6.45) is 3.23. The van der Waals surface area contributed by atoms with Crippen LogP contribution in [0.15, 0.2) is 18.2 Å². The Kier molecular flexibility index (Phi) is 3.76. The van der Waals surface area contributed by atoms with Crippen molar-refractivity contribution in [2.45, 2.75) is 25.3 Å². The van der Waals surface area contributed by atoms with Crippen molar-refractivity contribution >= 4 is 5.97 Å². The predicted octanol–water partition coefficient (Wildman–Crippen LogP) is 1.49. The number of carboxylic acids is 1. The van der Waals surface area contributed by atoms with Crippen molar-refractivity contribution in [2.75, 3.05) is 33.2 Å². The number of hydrogen-bond acceptors (Lipinski definition) is 3. The number of carboxylic acid groups (broad SMARTS) is 1. The number of hydrogen-bond donors (Lipinski definition) is 1. The molecule has 1 heterocycles. The number of aromatic carboxylic acids is 1. The largest absolute Gasteiger partial charge is 0.478 e. The molecule has 0 spiro atoms. The maximum Gasteiger partial charge on any atom is 0.335 e. The number of aryl methyl sites for hydroxylation is 1. The average molecular weight is 274 g/mol. The predicted molar refractivity (Wildman–Crippen MR) is 78.3 cm³/mol. The Hall–Kier alpha value is -1.39. The molecule has 1 N–H and O–H groups in total. The summed E-state index contributed by atoms with van der Waals surface area (Å²) in [5.41, 5.74) is 2.99. The Bertz CT molecular complexity index is 507. The van der Waals surface area contributed by atoms with Crippen molar-refractivity contribution in [3.05, 3.63) is 34.9 Å². The Labute approximate surface area is 120 Å². The minimum absolute atomic E-state index is 0.418. The van der Waals surface area contributed by atoms with E-state index < -0.39 is 5.97 Å². The highest BCUT2D eigenvalue weighted by molar-refractivity contribution is 5.87. The van der Waals surface area contributed by atoms with Crippen LogP contribution in [0.2, 0.25) is 0 Å². The van der Waals surface area contributed by atoms with E-state index in [0.717, 1.165) is 45.4 Å². The minimum atomic E-state index is -0.825. The highest BCUT2D eigenvalue weighted by Crippen LogP contribution is 2.26. The van der Waals surface area contributed by atoms with Crippen LogP contribution in [0.3, 0.4) is 0 Å². The van der Waals surface area contributed by atoms with E-state index in [1.165, 1.54) is 11.1 Å². The Balaban J connectivity index is 1.71. The second-order valence-electron chi connectivity index (χ2n) is 6.02. The zero-order valence-corrected chi connectivity index (χ0v) is 12.0. The molecular formula is C16H22N2O2. The first-order valence-corrected chi connectivity index (χ1v) is 7.41. The summed E-state index contributed by atoms with van der Waals surface area (Å²) in [5, 5.41) is 9.05. The fourth-order valence-electron chi connectivity index (χ4n) is 3.37. The number of piperazine rings is 1. The van der Waals surface area contributed by atoms with Gasteiger partial charge in [-0.05, 0) is 49.6 Å². The molecule has 1 aliphatic carbocycles. The molecule has 1 fully saturated rings. The molecule has 4 nitrogen and oxygen atoms in total. The smallest absolute Gasteiger partial charge is 0.335 e. The number of likely N-dealkylation sites (N-methyl/N-ethyl adjacent to an activating group) is 1. The van der Waals surface area contributed by atoms with Gasteiger partial charge in [0.2, 0.25) is 0 Å². The number of rotatable bonds is 2. The summed E-state index contributed by atoms with van der Waals surface area (Å²) in [4.78, 5) is 16.0. The molecule has 1 aromatic rings. The topological polar surface area (TPSA) is 43.8 Å². The molecule has 20 heavy (non-hydrogen) atoms. The Morgan fingerprint density at radius 3 is 2.65 bits per heavy atom. The normalized spacial score (nSPS) is 24.4. The van der Waals surface area contributed by atoms with Gasteiger partial charge in [-0.25, -0.2) is 4.79 Å². The maximum atomic E-state index is 11.0. The highest BCUT2D eigenvalue weighted by Gasteiger charge is 2.26. The van der Waals surface area contributed by atoms with Crippen LogP contribution in [-0.2, 0) is 12.8 Å². The van der Waals surface area contributed by atoms with Gasteiger partial charge in [-0.2, -0.15) is 0 Å². The molecule has 0 saturated carbocycles. The van der Waals surface area contributed by atoms with Gasteiger partial charge in [-0.3, -0.25) is 4.90 Å². The van der Waals surface area contributed by atoms with Crippen molar-refractivity contribution in [2.24, 2.45) is 0 Å². The van der Waals surface area contributed by atoms with E-state index in [9.17, 15) is 4.79 Å². The number of carbonyl (C=O) groups is 1. The van der Waals surface area contributed by atoms with E-state index in [2.05, 4.69) is 16.8 Å². The molecule has 108 valence electrons. The lowest BCUT2D eigenvalue weighted by molar-refractivity contribution is 0.0696. The monoisotopic (exact) mass is 274 g/mol. The fourth-order valence-corrected chi connectivity index (χ4v) is 3.37. The number of benzene rings is 1. The lowest BCUT2D eigenvalue weighted by Gasteiger charge is -2.40. The average Bonchev–Trinajstić information content (AvgIpc) is 2.47. The third-order valence-electron chi connectivity index (χ3n) is 4.71. The first kappa shape index (κ1) is 13.6. The van der Waals surface area contributed by atoms with Gasteiger partial charge in [-0.15, -0.1) is 0 Å². The summed E-state index contributed by atoms with van der Waals surface area (Å²) in [6.45, 7) is 4.62. The fraction of sp³-hybridized carbons (Fsp3) is 0.562. The molecule has 1 aliphatic heterocycles. The highest BCUT2D eigenvalue weighted by atomic mass is 16.4. The van der Waals surface area contributed by atoms with Crippen molar-refractivity contribution < 1.29 is 9.90 Å². The second kappa shape index (κ2) is 5.54. The van der Waals surface area contributed by atoms with Gasteiger partial charge < -0.3 is 10.0 Å². The summed E-state index contributed by atoms with van der Waals surface area (Å²) in [5.74, 6) is -0.825. The molecule has 0 amide bonds. The van der Waals surface area contributed by atoms with Gasteiger partial charge in [0.15, 0.2) is 0 Å². The van der Waals surface area contributed by atoms with Crippen LogP contribution in [0.4, 0.5) is 0 Å². The molecule has 3 rings (SSSR count). The molecule has 0 bridgehead atoms. The summed E-state index contributed by atoms with van der Waals surface area (Å²) in [7, 11) is 2.18. The molecule has 1 unspecified atom stereocenters. The van der Waals surface area contributed by atoms with Gasteiger partial charge in [0.1, 0.15) is 0 Å². The zero-order chi connectivity index (χ0) is 14.1. The Morgan fingerprint density at radius 2 is 1.95 bits per heavy atom. The SMILES string of the molecule is CN1CCN(C2CCc3cc(C(=O)O)ccc3C2)CC1. The molecule has 4 heteroatoms. The number of nitrogens with zero attached hydrogens (tertiary/aromatic N) is 2. The molecule has 1 aromatic carbocycles. The van der Waals surface area contributed by atoms with Crippen LogP contribution < -0.4 is 0 Å². The van der Waals surface area contributed by atoms with Crippen molar-refractivity contribution in [3.63, 3.8) is 0 Å². The van der Waals surface area contributed by atoms with Gasteiger partial charge in [0.05, 0.1) is 5.56 Å². The first-order valence-electron chi connectivity index (χ1n) is 7.41. The van der Waals surface area contributed by atoms with Crippen LogP contribution in [0, 0.1) is 0 Å². The van der Waals surface area contributed by atoms with Crippen molar-refractivity contribution in [1.29, 1.82) is 0 Å². The standard InChI is InChI=1S/C16H22N2O2/c1-17-6-8-18(9-7-17)15-5-4-12-10-14(16(19)20)3-2-13(12)11-15/h2-3,10,15H,4-9,11H2,1H3,(H,19,20). The first-order chi connectivity index (χ1) is 9.63. The molecular weight excluding hydrogens is 252 g/mol. The van der Waals surface area contributed by atoms with E-state index in [1.54, 1.807) is 6.07 Å². The molecule has 1 saturated heterocycles. The van der Waals surface area contributed by atoms with Crippen molar-refractivity contribution in [1.82, 2.24) is 9.80 Å². The molecule has 2 aliphatic rings. The minimum Gasteiger partial charge on any atom is -0.478 e. The van der Waals surface area contributed by atoms with Crippen LogP contribution in [0.25, 0.3) is 0 Å². The van der Waals surface area contributed by atoms with Gasteiger partial charge in [0, 0.05) is 32.2 Å². The van der Waals surface area contributed by atoms with Crippen LogP contribution in [0.5, 0.6) is 0 Å². The van der Waals surface area contributed by atoms with Gasteiger partial charge >= 0.3 is 5.97 Å². The van der Waals surface area contributed by atoms with Crippen LogP contribution in [-0.4, -0.2) is 60.1 Å². The molecule has 0 aromatic heterocycles. The van der Waals surface area contributed by atoms with E-state index in [-0.39, 0.29) is 0 Å². The lowest BCUT2D eigenvalue weighted by Crippen LogP contribution is -2.50. The van der Waals surface area contributed by atoms with E-state index in [4.69, 9.17) is 5.11 Å². The maximum absolute atomic E-state index is 11.0. The quantitative estimate of drug-likeness (QED) is 0.887. The van der Waals surface area contributed by atoms with E-state index in [1.807, 2.05) is 12.1 Å². The van der Waals surface area contributed by atoms with Gasteiger partial charge in [-0.1, -0.05) is 6.07 Å². The second-order valence-corrected chi connectivity index (χ2v) is 6.02. The lowest BCUT2D eigenvalue weighted by atomic mass is 9.86. The third kappa shape index (κ3) is 2.72. The van der Waals surface area contributed by atoms with Crippen molar-refractivity contribution in [3.8, 4) is 0 Å². The number of fused-ring (bicyclic) bond motifs is 1. The van der Waals surface area contributed by atoms with E-state index >= 15 is 0 Å². The zero-order valence-electron chi connectivity index (χ0n) is 12.0. The van der Waals surface area contributed by atoms with Gasteiger partial charge in [0.25, 0.3) is 0 Å². The Morgan fingerprint density at radius 1 is 1.20 bits per heavy atom. The molecule has 1 atom stereocenters. The van der Waals surface area contributed by atoms with Crippen LogP contribution >= 0.6 is 0 Å².